The molecule has 0 amide bonds. The van der Waals surface area contributed by atoms with E-state index >= 15 is 0 Å². The summed E-state index contributed by atoms with van der Waals surface area (Å²) >= 11 is 0. The molecule has 0 aliphatic carbocycles. The summed E-state index contributed by atoms with van der Waals surface area (Å²) in [4.78, 5) is 4.80. The number of para-hydroxylation sites is 2. The standard InChI is InChI=1S/C31H24N2/c1-4-5-6-10-20(2)27-19-32-28(17-21(27)3)22-15-16-30-26(18-22)25-13-9-12-24-23-11-7-8-14-29(23)33(30)31(24)25/h4-19H,2H2,1,3H3/b5-4-,10-6-. The Morgan fingerprint density at radius 2 is 1.61 bits per heavy atom. The lowest BCUT2D eigenvalue weighted by molar-refractivity contribution is 1.26. The van der Waals surface area contributed by atoms with E-state index in [2.05, 4.69) is 84.6 Å². The fourth-order valence-electron chi connectivity index (χ4n) is 5.01. The molecule has 0 fully saturated rings. The molecular formula is C31H24N2. The Labute approximate surface area is 193 Å². The van der Waals surface area contributed by atoms with E-state index in [0.29, 0.717) is 0 Å². The van der Waals surface area contributed by atoms with Crippen LogP contribution in [0.15, 0.2) is 104 Å². The summed E-state index contributed by atoms with van der Waals surface area (Å²) in [6.07, 6.45) is 9.99. The zero-order chi connectivity index (χ0) is 22.5. The maximum absolute atomic E-state index is 4.80. The molecule has 6 aromatic rings. The van der Waals surface area contributed by atoms with Crippen LogP contribution in [-0.4, -0.2) is 9.38 Å². The maximum Gasteiger partial charge on any atom is 0.0705 e. The molecule has 0 radical (unpaired) electrons. The van der Waals surface area contributed by atoms with Crippen molar-refractivity contribution < 1.29 is 0 Å². The second kappa shape index (κ2) is 7.46. The molecule has 0 aliphatic heterocycles. The number of aromatic nitrogens is 2. The first-order valence-electron chi connectivity index (χ1n) is 11.3. The van der Waals surface area contributed by atoms with Crippen molar-refractivity contribution in [3.05, 3.63) is 115 Å². The number of aryl methyl sites for hydroxylation is 1. The molecule has 0 unspecified atom stereocenters. The number of fused-ring (bicyclic) bond motifs is 6. The predicted octanol–water partition coefficient (Wildman–Crippen LogP) is 8.35. The van der Waals surface area contributed by atoms with Gasteiger partial charge in [0.15, 0.2) is 0 Å². The fraction of sp³-hybridized carbons (Fsp3) is 0.0645. The third-order valence-corrected chi connectivity index (χ3v) is 6.58. The Morgan fingerprint density at radius 3 is 2.42 bits per heavy atom. The van der Waals surface area contributed by atoms with Crippen LogP contribution in [0.3, 0.4) is 0 Å². The topological polar surface area (TPSA) is 17.3 Å². The van der Waals surface area contributed by atoms with Crippen molar-refractivity contribution in [2.75, 3.05) is 0 Å². The van der Waals surface area contributed by atoms with Crippen molar-refractivity contribution in [1.82, 2.24) is 9.38 Å². The monoisotopic (exact) mass is 424 g/mol. The summed E-state index contributed by atoms with van der Waals surface area (Å²) in [5.41, 5.74) is 9.13. The van der Waals surface area contributed by atoms with Gasteiger partial charge in [0.2, 0.25) is 0 Å². The number of rotatable bonds is 4. The van der Waals surface area contributed by atoms with Gasteiger partial charge in [-0.15, -0.1) is 0 Å². The normalized spacial score (nSPS) is 12.4. The van der Waals surface area contributed by atoms with Crippen molar-refractivity contribution in [3.63, 3.8) is 0 Å². The molecule has 0 spiro atoms. The highest BCUT2D eigenvalue weighted by Crippen LogP contribution is 2.40. The molecule has 33 heavy (non-hydrogen) atoms. The molecule has 2 heteroatoms. The van der Waals surface area contributed by atoms with Crippen LogP contribution in [0.4, 0.5) is 0 Å². The number of pyridine rings is 1. The first-order chi connectivity index (χ1) is 16.2. The Balaban J connectivity index is 1.51. The van der Waals surface area contributed by atoms with E-state index in [0.717, 1.165) is 22.4 Å². The van der Waals surface area contributed by atoms with Gasteiger partial charge in [-0.25, -0.2) is 0 Å². The molecule has 2 nitrogen and oxygen atoms in total. The minimum atomic E-state index is 0.969. The van der Waals surface area contributed by atoms with Gasteiger partial charge >= 0.3 is 0 Å². The van der Waals surface area contributed by atoms with E-state index in [1.807, 2.05) is 37.4 Å². The summed E-state index contributed by atoms with van der Waals surface area (Å²) < 4.78 is 2.40. The molecular weight excluding hydrogens is 400 g/mol. The van der Waals surface area contributed by atoms with Crippen molar-refractivity contribution in [1.29, 1.82) is 0 Å². The van der Waals surface area contributed by atoms with E-state index < -0.39 is 0 Å². The molecule has 0 atom stereocenters. The lowest BCUT2D eigenvalue weighted by atomic mass is 10.00. The zero-order valence-electron chi connectivity index (χ0n) is 18.8. The molecule has 6 rings (SSSR count). The third-order valence-electron chi connectivity index (χ3n) is 6.58. The molecule has 3 heterocycles. The van der Waals surface area contributed by atoms with Gasteiger partial charge in [0.1, 0.15) is 0 Å². The average Bonchev–Trinajstić information content (AvgIpc) is 3.36. The summed E-state index contributed by atoms with van der Waals surface area (Å²) in [5.74, 6) is 0. The summed E-state index contributed by atoms with van der Waals surface area (Å²) in [5, 5.41) is 5.17. The van der Waals surface area contributed by atoms with E-state index in [1.165, 1.54) is 43.7 Å². The van der Waals surface area contributed by atoms with Crippen LogP contribution < -0.4 is 0 Å². The zero-order valence-corrected chi connectivity index (χ0v) is 18.8. The van der Waals surface area contributed by atoms with E-state index in [4.69, 9.17) is 4.98 Å². The van der Waals surface area contributed by atoms with Crippen LogP contribution in [-0.2, 0) is 0 Å². The Hall–Kier alpha value is -4.17. The number of nitrogens with zero attached hydrogens (tertiary/aromatic N) is 2. The van der Waals surface area contributed by atoms with Gasteiger partial charge < -0.3 is 4.40 Å². The second-order valence-electron chi connectivity index (χ2n) is 8.58. The highest BCUT2D eigenvalue weighted by atomic mass is 14.9. The number of hydrogen-bond donors (Lipinski definition) is 0. The first-order valence-corrected chi connectivity index (χ1v) is 11.3. The lowest BCUT2D eigenvalue weighted by Crippen LogP contribution is -1.91. The Bertz CT molecular complexity index is 1740. The maximum atomic E-state index is 4.80. The highest BCUT2D eigenvalue weighted by Gasteiger charge is 2.17. The van der Waals surface area contributed by atoms with Gasteiger partial charge in [-0.3, -0.25) is 4.98 Å². The molecule has 0 saturated carbocycles. The van der Waals surface area contributed by atoms with Crippen molar-refractivity contribution in [2.45, 2.75) is 13.8 Å². The predicted molar refractivity (Wildman–Crippen MR) is 142 cm³/mol. The number of benzene rings is 3. The van der Waals surface area contributed by atoms with Crippen molar-refractivity contribution in [2.24, 2.45) is 0 Å². The van der Waals surface area contributed by atoms with E-state index in [-0.39, 0.29) is 0 Å². The van der Waals surface area contributed by atoms with E-state index in [1.54, 1.807) is 0 Å². The van der Waals surface area contributed by atoms with Gasteiger partial charge in [0.05, 0.1) is 22.2 Å². The van der Waals surface area contributed by atoms with Gasteiger partial charge in [-0.05, 0) is 49.2 Å². The highest BCUT2D eigenvalue weighted by molar-refractivity contribution is 6.23. The molecule has 0 bridgehead atoms. The van der Waals surface area contributed by atoms with Crippen LogP contribution in [0.1, 0.15) is 18.1 Å². The first kappa shape index (κ1) is 19.5. The summed E-state index contributed by atoms with van der Waals surface area (Å²) in [6, 6.07) is 24.2. The fourth-order valence-corrected chi connectivity index (χ4v) is 5.01. The lowest BCUT2D eigenvalue weighted by Gasteiger charge is -2.09. The van der Waals surface area contributed by atoms with Crippen LogP contribution >= 0.6 is 0 Å². The van der Waals surface area contributed by atoms with E-state index in [9.17, 15) is 0 Å². The van der Waals surface area contributed by atoms with Crippen LogP contribution in [0, 0.1) is 6.92 Å². The SMILES string of the molecule is C=C(/C=C\C=C/C)c1cnc(-c2ccc3c(c2)c2cccc4c5ccccc5n3c42)cc1C. The molecule has 0 aliphatic rings. The Kier molecular flexibility index (Phi) is 4.41. The Morgan fingerprint density at radius 1 is 0.848 bits per heavy atom. The van der Waals surface area contributed by atoms with Crippen LogP contribution in [0.2, 0.25) is 0 Å². The van der Waals surface area contributed by atoms with Crippen molar-refractivity contribution >= 4 is 43.7 Å². The summed E-state index contributed by atoms with van der Waals surface area (Å²) in [7, 11) is 0. The van der Waals surface area contributed by atoms with Crippen LogP contribution in [0.25, 0.3) is 54.9 Å². The van der Waals surface area contributed by atoms with Gasteiger partial charge in [-0.1, -0.05) is 73.3 Å². The molecule has 0 saturated heterocycles. The number of allylic oxidation sites excluding steroid dienone is 5. The van der Waals surface area contributed by atoms with Gasteiger partial charge in [0.25, 0.3) is 0 Å². The molecule has 158 valence electrons. The number of hydrogen-bond acceptors (Lipinski definition) is 1. The molecule has 3 aromatic heterocycles. The van der Waals surface area contributed by atoms with Gasteiger partial charge in [-0.2, -0.15) is 0 Å². The molecule has 3 aromatic carbocycles. The smallest absolute Gasteiger partial charge is 0.0705 e. The summed E-state index contributed by atoms with van der Waals surface area (Å²) in [6.45, 7) is 8.34. The largest absolute Gasteiger partial charge is 0.308 e. The van der Waals surface area contributed by atoms with Crippen LogP contribution in [0.5, 0.6) is 0 Å². The van der Waals surface area contributed by atoms with Gasteiger partial charge in [0, 0.05) is 38.9 Å². The second-order valence-corrected chi connectivity index (χ2v) is 8.58. The molecule has 0 N–H and O–H groups in total. The minimum Gasteiger partial charge on any atom is -0.308 e. The minimum absolute atomic E-state index is 0.969. The van der Waals surface area contributed by atoms with Crippen molar-refractivity contribution in [3.8, 4) is 11.3 Å². The average molecular weight is 425 g/mol. The quantitative estimate of drug-likeness (QED) is 0.260. The third kappa shape index (κ3) is 2.91.